The second kappa shape index (κ2) is 6.95. The highest BCUT2D eigenvalue weighted by atomic mass is 32.2. The van der Waals surface area contributed by atoms with Crippen LogP contribution in [0.4, 0.5) is 10.2 Å². The first-order valence-electron chi connectivity index (χ1n) is 8.69. The maximum absolute atomic E-state index is 14.4. The van der Waals surface area contributed by atoms with Crippen LogP contribution < -0.4 is 5.73 Å². The maximum Gasteiger partial charge on any atom is 0.235 e. The molecule has 1 radical (unpaired) electrons. The van der Waals surface area contributed by atoms with Gasteiger partial charge in [0, 0.05) is 24.1 Å². The molecular weight excluding hydrogens is 383 g/mol. The summed E-state index contributed by atoms with van der Waals surface area (Å²) in [5.41, 5.74) is 7.08. The van der Waals surface area contributed by atoms with Crippen molar-refractivity contribution in [3.05, 3.63) is 48.4 Å². The monoisotopic (exact) mass is 401 g/mol. The summed E-state index contributed by atoms with van der Waals surface area (Å²) in [7, 11) is -3.54. The van der Waals surface area contributed by atoms with Crippen molar-refractivity contribution in [2.75, 3.05) is 18.8 Å². The van der Waals surface area contributed by atoms with Gasteiger partial charge in [0.25, 0.3) is 0 Å². The number of halogens is 1. The SMILES string of the molecule is C=CS(=O)(=O)N1CCCC(n2nc(-c3cc[c]cc3F)c3c(N)ncnc32)C1. The summed E-state index contributed by atoms with van der Waals surface area (Å²) in [6, 6.07) is 6.77. The molecule has 3 aromatic rings. The number of piperidine rings is 1. The van der Waals surface area contributed by atoms with Gasteiger partial charge in [-0.1, -0.05) is 12.6 Å². The van der Waals surface area contributed by atoms with Crippen LogP contribution in [0.15, 0.2) is 36.5 Å². The summed E-state index contributed by atoms with van der Waals surface area (Å²) in [6.07, 6.45) is 2.67. The van der Waals surface area contributed by atoms with Crippen LogP contribution in [0.2, 0.25) is 0 Å². The number of hydrogen-bond acceptors (Lipinski definition) is 6. The van der Waals surface area contributed by atoms with Gasteiger partial charge in [0.1, 0.15) is 23.7 Å². The Balaban J connectivity index is 1.86. The predicted octanol–water partition coefficient (Wildman–Crippen LogP) is 2.12. The van der Waals surface area contributed by atoms with Crippen molar-refractivity contribution >= 4 is 26.9 Å². The van der Waals surface area contributed by atoms with Crippen molar-refractivity contribution in [3.63, 3.8) is 0 Å². The molecule has 28 heavy (non-hydrogen) atoms. The van der Waals surface area contributed by atoms with Gasteiger partial charge in [0.2, 0.25) is 10.0 Å². The molecule has 2 N–H and O–H groups in total. The van der Waals surface area contributed by atoms with Crippen molar-refractivity contribution in [2.24, 2.45) is 0 Å². The van der Waals surface area contributed by atoms with Crippen LogP contribution in [0, 0.1) is 11.9 Å². The zero-order valence-corrected chi connectivity index (χ0v) is 15.7. The van der Waals surface area contributed by atoms with E-state index in [1.165, 1.54) is 16.7 Å². The molecule has 2 aromatic heterocycles. The lowest BCUT2D eigenvalue weighted by Gasteiger charge is -2.31. The van der Waals surface area contributed by atoms with Gasteiger partial charge < -0.3 is 5.73 Å². The molecule has 0 spiro atoms. The summed E-state index contributed by atoms with van der Waals surface area (Å²) < 4.78 is 41.8. The lowest BCUT2D eigenvalue weighted by atomic mass is 10.1. The number of nitrogens with zero attached hydrogens (tertiary/aromatic N) is 5. The highest BCUT2D eigenvalue weighted by Gasteiger charge is 2.31. The van der Waals surface area contributed by atoms with Crippen LogP contribution in [-0.2, 0) is 10.0 Å². The molecule has 1 unspecified atom stereocenters. The van der Waals surface area contributed by atoms with Gasteiger partial charge in [0.05, 0.1) is 11.4 Å². The molecule has 0 saturated carbocycles. The lowest BCUT2D eigenvalue weighted by Crippen LogP contribution is -2.40. The van der Waals surface area contributed by atoms with Gasteiger partial charge in [-0.3, -0.25) is 0 Å². The summed E-state index contributed by atoms with van der Waals surface area (Å²) in [4.78, 5) is 8.30. The number of aromatic nitrogens is 4. The van der Waals surface area contributed by atoms with Crippen LogP contribution in [0.1, 0.15) is 18.9 Å². The Bertz CT molecular complexity index is 1160. The van der Waals surface area contributed by atoms with Crippen LogP contribution in [0.25, 0.3) is 22.3 Å². The summed E-state index contributed by atoms with van der Waals surface area (Å²) >= 11 is 0. The van der Waals surface area contributed by atoms with E-state index < -0.39 is 15.8 Å². The molecule has 1 aliphatic heterocycles. The van der Waals surface area contributed by atoms with Gasteiger partial charge in [-0.25, -0.2) is 27.5 Å². The molecule has 4 rings (SSSR count). The standard InChI is InChI=1S/C18H18FN6O2S/c1-2-28(26,27)24-9-5-6-12(10-24)25-18-15(17(20)21-11-22-18)16(23-25)13-7-3-4-8-14(13)19/h2-3,7-8,11-12H,1,5-6,9-10H2,(H2,20,21,22). The summed E-state index contributed by atoms with van der Waals surface area (Å²) in [5.74, 6) is -0.304. The third-order valence-corrected chi connectivity index (χ3v) is 6.34. The number of nitrogens with two attached hydrogens (primary N) is 1. The molecule has 1 aromatic carbocycles. The van der Waals surface area contributed by atoms with Crippen molar-refractivity contribution in [1.82, 2.24) is 24.1 Å². The van der Waals surface area contributed by atoms with Gasteiger partial charge in [0.15, 0.2) is 5.65 Å². The zero-order chi connectivity index (χ0) is 19.9. The molecular formula is C18H18FN6O2S. The predicted molar refractivity (Wildman–Crippen MR) is 103 cm³/mol. The number of anilines is 1. The molecule has 1 fully saturated rings. The van der Waals surface area contributed by atoms with Gasteiger partial charge in [-0.15, -0.1) is 0 Å². The minimum atomic E-state index is -3.54. The molecule has 8 nitrogen and oxygen atoms in total. The topological polar surface area (TPSA) is 107 Å². The highest BCUT2D eigenvalue weighted by molar-refractivity contribution is 7.92. The van der Waals surface area contributed by atoms with E-state index in [4.69, 9.17) is 5.73 Å². The number of benzene rings is 1. The van der Waals surface area contributed by atoms with E-state index in [1.54, 1.807) is 16.8 Å². The van der Waals surface area contributed by atoms with Crippen LogP contribution >= 0.6 is 0 Å². The molecule has 10 heteroatoms. The van der Waals surface area contributed by atoms with Crippen molar-refractivity contribution < 1.29 is 12.8 Å². The Morgan fingerprint density at radius 1 is 1.39 bits per heavy atom. The van der Waals surface area contributed by atoms with E-state index in [-0.39, 0.29) is 24.0 Å². The summed E-state index contributed by atoms with van der Waals surface area (Å²) in [6.45, 7) is 4.02. The van der Waals surface area contributed by atoms with E-state index in [1.807, 2.05) is 0 Å². The van der Waals surface area contributed by atoms with Crippen LogP contribution in [-0.4, -0.2) is 45.6 Å². The fourth-order valence-corrected chi connectivity index (χ4v) is 4.47. The first kappa shape index (κ1) is 18.5. The first-order chi connectivity index (χ1) is 13.4. The van der Waals surface area contributed by atoms with Gasteiger partial charge in [-0.05, 0) is 31.0 Å². The maximum atomic E-state index is 14.4. The molecule has 1 aliphatic rings. The number of fused-ring (bicyclic) bond motifs is 1. The number of rotatable bonds is 4. The van der Waals surface area contributed by atoms with E-state index in [0.29, 0.717) is 36.1 Å². The molecule has 1 saturated heterocycles. The Morgan fingerprint density at radius 2 is 2.21 bits per heavy atom. The minimum absolute atomic E-state index is 0.185. The Hall–Kier alpha value is -2.85. The number of hydrogen-bond donors (Lipinski definition) is 1. The minimum Gasteiger partial charge on any atom is -0.383 e. The van der Waals surface area contributed by atoms with Crippen molar-refractivity contribution in [2.45, 2.75) is 18.9 Å². The second-order valence-corrected chi connectivity index (χ2v) is 8.40. The van der Waals surface area contributed by atoms with Crippen molar-refractivity contribution in [3.8, 4) is 11.3 Å². The largest absolute Gasteiger partial charge is 0.383 e. The third kappa shape index (κ3) is 3.04. The zero-order valence-electron chi connectivity index (χ0n) is 14.9. The quantitative estimate of drug-likeness (QED) is 0.718. The highest BCUT2D eigenvalue weighted by Crippen LogP contribution is 2.34. The number of nitrogen functional groups attached to an aromatic ring is 1. The molecule has 0 aliphatic carbocycles. The fourth-order valence-electron chi connectivity index (χ4n) is 3.50. The van der Waals surface area contributed by atoms with E-state index in [9.17, 15) is 12.8 Å². The van der Waals surface area contributed by atoms with Crippen LogP contribution in [0.3, 0.4) is 0 Å². The molecule has 0 bridgehead atoms. The van der Waals surface area contributed by atoms with Crippen LogP contribution in [0.5, 0.6) is 0 Å². The molecule has 1 atom stereocenters. The normalized spacial score (nSPS) is 18.4. The van der Waals surface area contributed by atoms with Gasteiger partial charge >= 0.3 is 0 Å². The van der Waals surface area contributed by atoms with Gasteiger partial charge in [-0.2, -0.15) is 9.40 Å². The Kier molecular flexibility index (Phi) is 4.60. The Labute approximate surface area is 161 Å². The van der Waals surface area contributed by atoms with E-state index in [0.717, 1.165) is 5.41 Å². The molecule has 145 valence electrons. The molecule has 0 amide bonds. The van der Waals surface area contributed by atoms with E-state index in [2.05, 4.69) is 27.7 Å². The van der Waals surface area contributed by atoms with E-state index >= 15 is 0 Å². The second-order valence-electron chi connectivity index (χ2n) is 6.52. The first-order valence-corrected chi connectivity index (χ1v) is 10.2. The number of sulfonamides is 1. The fraction of sp³-hybridized carbons (Fsp3) is 0.278. The Morgan fingerprint density at radius 3 is 2.96 bits per heavy atom. The van der Waals surface area contributed by atoms with Crippen molar-refractivity contribution in [1.29, 1.82) is 0 Å². The summed E-state index contributed by atoms with van der Waals surface area (Å²) in [5, 5.41) is 5.96. The molecule has 3 heterocycles. The third-order valence-electron chi connectivity index (χ3n) is 4.86. The lowest BCUT2D eigenvalue weighted by molar-refractivity contribution is 0.260. The average Bonchev–Trinajstić information content (AvgIpc) is 3.09. The average molecular weight is 401 g/mol. The smallest absolute Gasteiger partial charge is 0.235 e.